The van der Waals surface area contributed by atoms with Crippen LogP contribution >= 0.6 is 11.8 Å². The van der Waals surface area contributed by atoms with Crippen LogP contribution in [0.1, 0.15) is 12.1 Å². The molecule has 2 heterocycles. The van der Waals surface area contributed by atoms with Crippen molar-refractivity contribution in [1.82, 2.24) is 20.4 Å². The van der Waals surface area contributed by atoms with Crippen molar-refractivity contribution in [2.75, 3.05) is 18.1 Å². The van der Waals surface area contributed by atoms with Gasteiger partial charge in [-0.15, -0.1) is 0 Å². The average Bonchev–Trinajstić information content (AvgIpc) is 2.74. The highest BCUT2D eigenvalue weighted by Gasteiger charge is 2.16. The fraction of sp³-hybridized carbons (Fsp3) is 0.636. The van der Waals surface area contributed by atoms with Gasteiger partial charge in [-0.3, -0.25) is 9.48 Å². The molecule has 2 rings (SSSR count). The van der Waals surface area contributed by atoms with E-state index < -0.39 is 0 Å². The Labute approximate surface area is 105 Å². The lowest BCUT2D eigenvalue weighted by atomic mass is 10.2. The molecule has 0 radical (unpaired) electrons. The zero-order chi connectivity index (χ0) is 12.1. The number of hydrogen-bond donors (Lipinski definition) is 2. The van der Waals surface area contributed by atoms with Gasteiger partial charge >= 0.3 is 0 Å². The number of aryl methyl sites for hydroxylation is 1. The molecule has 1 atom stereocenters. The second-order valence-corrected chi connectivity index (χ2v) is 5.30. The smallest absolute Gasteiger partial charge is 0.221 e. The molecule has 1 aromatic heterocycles. The van der Waals surface area contributed by atoms with Gasteiger partial charge in [0.15, 0.2) is 0 Å². The summed E-state index contributed by atoms with van der Waals surface area (Å²) in [5.41, 5.74) is 1.02. The summed E-state index contributed by atoms with van der Waals surface area (Å²) < 4.78 is 1.77. The lowest BCUT2D eigenvalue weighted by molar-refractivity contribution is -0.121. The van der Waals surface area contributed by atoms with Gasteiger partial charge in [0.05, 0.1) is 12.2 Å². The molecule has 0 bridgehead atoms. The number of carbonyl (C=O) groups is 1. The third-order valence-corrected chi connectivity index (χ3v) is 3.95. The molecule has 2 N–H and O–H groups in total. The number of hydrogen-bond acceptors (Lipinski definition) is 4. The molecule has 94 valence electrons. The minimum absolute atomic E-state index is 0.103. The fourth-order valence-electron chi connectivity index (χ4n) is 1.81. The Morgan fingerprint density at radius 3 is 3.29 bits per heavy atom. The maximum Gasteiger partial charge on any atom is 0.221 e. The van der Waals surface area contributed by atoms with Gasteiger partial charge in [0, 0.05) is 43.8 Å². The predicted molar refractivity (Wildman–Crippen MR) is 68.8 cm³/mol. The first-order chi connectivity index (χ1) is 8.25. The van der Waals surface area contributed by atoms with Crippen molar-refractivity contribution < 1.29 is 4.79 Å². The van der Waals surface area contributed by atoms with Gasteiger partial charge in [0.1, 0.15) is 0 Å². The van der Waals surface area contributed by atoms with Gasteiger partial charge in [-0.05, 0) is 6.07 Å². The Kier molecular flexibility index (Phi) is 4.44. The highest BCUT2D eigenvalue weighted by Crippen LogP contribution is 2.10. The Balaban J connectivity index is 1.72. The van der Waals surface area contributed by atoms with Gasteiger partial charge in [0.2, 0.25) is 5.91 Å². The molecular formula is C11H18N4OS. The molecular weight excluding hydrogens is 236 g/mol. The van der Waals surface area contributed by atoms with Crippen molar-refractivity contribution in [1.29, 1.82) is 0 Å². The molecule has 1 fully saturated rings. The van der Waals surface area contributed by atoms with Crippen LogP contribution in [0.5, 0.6) is 0 Å². The summed E-state index contributed by atoms with van der Waals surface area (Å²) in [4.78, 5) is 11.7. The molecule has 5 nitrogen and oxygen atoms in total. The number of aromatic nitrogens is 2. The van der Waals surface area contributed by atoms with Crippen LogP contribution in [0.3, 0.4) is 0 Å². The standard InChI is InChI=1S/C11H18N4OS/c1-15-10(2-3-14-15)7-13-11(16)6-9-8-17-5-4-12-9/h2-3,9,12H,4-8H2,1H3,(H,13,16). The van der Waals surface area contributed by atoms with Crippen molar-refractivity contribution in [3.63, 3.8) is 0 Å². The zero-order valence-corrected chi connectivity index (χ0v) is 10.8. The van der Waals surface area contributed by atoms with Gasteiger partial charge in [-0.2, -0.15) is 16.9 Å². The third-order valence-electron chi connectivity index (χ3n) is 2.82. The van der Waals surface area contributed by atoms with Crippen LogP contribution < -0.4 is 10.6 Å². The van der Waals surface area contributed by atoms with Gasteiger partial charge < -0.3 is 10.6 Å². The average molecular weight is 254 g/mol. The van der Waals surface area contributed by atoms with Crippen LogP contribution in [0.2, 0.25) is 0 Å². The SMILES string of the molecule is Cn1nccc1CNC(=O)CC1CSCCN1. The first kappa shape index (κ1) is 12.4. The third kappa shape index (κ3) is 3.74. The normalized spacial score (nSPS) is 20.2. The summed E-state index contributed by atoms with van der Waals surface area (Å²) in [6.45, 7) is 1.56. The Hall–Kier alpha value is -1.01. The summed E-state index contributed by atoms with van der Waals surface area (Å²) in [7, 11) is 1.88. The molecule has 6 heteroatoms. The minimum Gasteiger partial charge on any atom is -0.350 e. The van der Waals surface area contributed by atoms with Crippen LogP contribution in [0, 0.1) is 0 Å². The lowest BCUT2D eigenvalue weighted by Gasteiger charge is -2.22. The molecule has 0 spiro atoms. The topological polar surface area (TPSA) is 59.0 Å². The summed E-state index contributed by atoms with van der Waals surface area (Å²) in [5.74, 6) is 2.28. The van der Waals surface area contributed by atoms with Crippen molar-refractivity contribution in [3.8, 4) is 0 Å². The molecule has 1 aromatic rings. The van der Waals surface area contributed by atoms with E-state index in [-0.39, 0.29) is 5.91 Å². The van der Waals surface area contributed by atoms with Crippen molar-refractivity contribution in [2.45, 2.75) is 19.0 Å². The minimum atomic E-state index is 0.103. The van der Waals surface area contributed by atoms with E-state index in [1.54, 1.807) is 10.9 Å². The van der Waals surface area contributed by atoms with Gasteiger partial charge in [-0.25, -0.2) is 0 Å². The van der Waals surface area contributed by atoms with E-state index in [0.29, 0.717) is 19.0 Å². The molecule has 1 unspecified atom stereocenters. The van der Waals surface area contributed by atoms with Gasteiger partial charge in [0.25, 0.3) is 0 Å². The van der Waals surface area contributed by atoms with Crippen LogP contribution in [-0.4, -0.2) is 39.8 Å². The molecule has 0 aromatic carbocycles. The van der Waals surface area contributed by atoms with E-state index in [0.717, 1.165) is 23.7 Å². The number of nitrogens with one attached hydrogen (secondary N) is 2. The monoisotopic (exact) mass is 254 g/mol. The van der Waals surface area contributed by atoms with Crippen molar-refractivity contribution >= 4 is 17.7 Å². The predicted octanol–water partition coefficient (Wildman–Crippen LogP) is 0.131. The van der Waals surface area contributed by atoms with E-state index in [1.807, 2.05) is 24.9 Å². The highest BCUT2D eigenvalue weighted by molar-refractivity contribution is 7.99. The molecule has 1 aliphatic rings. The van der Waals surface area contributed by atoms with Crippen molar-refractivity contribution in [3.05, 3.63) is 18.0 Å². The maximum absolute atomic E-state index is 11.7. The Morgan fingerprint density at radius 2 is 2.65 bits per heavy atom. The molecule has 1 saturated heterocycles. The molecule has 1 amide bonds. The second kappa shape index (κ2) is 6.07. The number of rotatable bonds is 4. The second-order valence-electron chi connectivity index (χ2n) is 4.15. The zero-order valence-electron chi connectivity index (χ0n) is 9.98. The van der Waals surface area contributed by atoms with E-state index in [2.05, 4.69) is 15.7 Å². The van der Waals surface area contributed by atoms with Crippen LogP contribution in [0.25, 0.3) is 0 Å². The van der Waals surface area contributed by atoms with Gasteiger partial charge in [-0.1, -0.05) is 0 Å². The highest BCUT2D eigenvalue weighted by atomic mass is 32.2. The Morgan fingerprint density at radius 1 is 1.76 bits per heavy atom. The summed E-state index contributed by atoms with van der Waals surface area (Å²) in [6.07, 6.45) is 2.30. The molecule has 1 aliphatic heterocycles. The molecule has 0 saturated carbocycles. The van der Waals surface area contributed by atoms with Crippen molar-refractivity contribution in [2.24, 2.45) is 7.05 Å². The lowest BCUT2D eigenvalue weighted by Crippen LogP contribution is -2.41. The fourth-order valence-corrected chi connectivity index (χ4v) is 2.76. The quantitative estimate of drug-likeness (QED) is 0.802. The first-order valence-electron chi connectivity index (χ1n) is 5.80. The van der Waals surface area contributed by atoms with E-state index in [1.165, 1.54) is 0 Å². The van der Waals surface area contributed by atoms with Crippen LogP contribution in [0.4, 0.5) is 0 Å². The number of thioether (sulfide) groups is 1. The largest absolute Gasteiger partial charge is 0.350 e. The van der Waals surface area contributed by atoms with E-state index >= 15 is 0 Å². The molecule has 0 aliphatic carbocycles. The Bertz CT molecular complexity index is 373. The summed E-state index contributed by atoms with van der Waals surface area (Å²) in [5, 5.41) is 10.3. The van der Waals surface area contributed by atoms with E-state index in [9.17, 15) is 4.79 Å². The number of carbonyl (C=O) groups excluding carboxylic acids is 1. The summed E-state index contributed by atoms with van der Waals surface area (Å²) >= 11 is 1.91. The van der Waals surface area contributed by atoms with Crippen LogP contribution in [-0.2, 0) is 18.4 Å². The molecule has 17 heavy (non-hydrogen) atoms. The first-order valence-corrected chi connectivity index (χ1v) is 6.96. The maximum atomic E-state index is 11.7. The van der Waals surface area contributed by atoms with Crippen LogP contribution in [0.15, 0.2) is 12.3 Å². The number of nitrogens with zero attached hydrogens (tertiary/aromatic N) is 2. The summed E-state index contributed by atoms with van der Waals surface area (Å²) in [6, 6.07) is 2.23. The number of amides is 1. The van der Waals surface area contributed by atoms with E-state index in [4.69, 9.17) is 0 Å².